The van der Waals surface area contributed by atoms with Gasteiger partial charge in [-0.05, 0) is 34.8 Å². The molecule has 4 rings (SSSR count). The van der Waals surface area contributed by atoms with Crippen molar-refractivity contribution in [1.29, 1.82) is 0 Å². The maximum absolute atomic E-state index is 11.3. The summed E-state index contributed by atoms with van der Waals surface area (Å²) in [4.78, 5) is 19.6. The highest BCUT2D eigenvalue weighted by atomic mass is 35.5. The minimum Gasteiger partial charge on any atom is -0.369 e. The number of nitrogens with zero attached hydrogens (tertiary/aromatic N) is 5. The minimum absolute atomic E-state index is 0.0451. The third-order valence-electron chi connectivity index (χ3n) is 5.68. The van der Waals surface area contributed by atoms with Crippen molar-refractivity contribution >= 4 is 23.1 Å². The molecular formula is C24H24ClN5O2. The standard InChI is InChI=1S/C24H24ClN5O2/c1-19-26-18-24(30(31)32)29(19)13-5-8-23(20-9-11-21(25)12-10-20)28-16-14-27(15-17-28)22-6-3-2-4-7-22/h2-4,6-7,9-12,18,23H,13-17H2,1H3. The molecule has 7 nitrogen and oxygen atoms in total. The highest BCUT2D eigenvalue weighted by Crippen LogP contribution is 2.25. The van der Waals surface area contributed by atoms with Crippen LogP contribution in [-0.4, -0.2) is 45.6 Å². The lowest BCUT2D eigenvalue weighted by atomic mass is 10.0. The molecule has 0 bridgehead atoms. The second kappa shape index (κ2) is 9.86. The van der Waals surface area contributed by atoms with Crippen LogP contribution in [0.3, 0.4) is 0 Å². The van der Waals surface area contributed by atoms with Crippen molar-refractivity contribution in [2.75, 3.05) is 31.1 Å². The van der Waals surface area contributed by atoms with Gasteiger partial charge >= 0.3 is 5.82 Å². The first-order chi connectivity index (χ1) is 15.5. The number of anilines is 1. The van der Waals surface area contributed by atoms with Gasteiger partial charge in [0.1, 0.15) is 6.20 Å². The zero-order valence-electron chi connectivity index (χ0n) is 17.8. The molecule has 3 aromatic rings. The van der Waals surface area contributed by atoms with Gasteiger partial charge in [-0.1, -0.05) is 53.8 Å². The van der Waals surface area contributed by atoms with Crippen molar-refractivity contribution in [2.45, 2.75) is 19.5 Å². The molecule has 8 heteroatoms. The fourth-order valence-corrected chi connectivity index (χ4v) is 4.05. The highest BCUT2D eigenvalue weighted by molar-refractivity contribution is 6.30. The number of aryl methyl sites for hydroxylation is 1. The van der Waals surface area contributed by atoms with E-state index in [1.54, 1.807) is 6.92 Å². The van der Waals surface area contributed by atoms with Crippen LogP contribution in [0.5, 0.6) is 0 Å². The Hall–Kier alpha value is -3.34. The van der Waals surface area contributed by atoms with Crippen LogP contribution >= 0.6 is 11.6 Å². The predicted molar refractivity (Wildman–Crippen MR) is 126 cm³/mol. The molecule has 2 heterocycles. The van der Waals surface area contributed by atoms with Gasteiger partial charge in [-0.2, -0.15) is 4.57 Å². The average Bonchev–Trinajstić information content (AvgIpc) is 3.19. The summed E-state index contributed by atoms with van der Waals surface area (Å²) in [6, 6.07) is 18.0. The molecule has 32 heavy (non-hydrogen) atoms. The second-order valence-electron chi connectivity index (χ2n) is 7.64. The van der Waals surface area contributed by atoms with Crippen LogP contribution < -0.4 is 4.90 Å². The number of para-hydroxylation sites is 1. The molecule has 1 aliphatic heterocycles. The number of hydrogen-bond acceptors (Lipinski definition) is 5. The molecule has 1 atom stereocenters. The highest BCUT2D eigenvalue weighted by Gasteiger charge is 2.24. The van der Waals surface area contributed by atoms with Gasteiger partial charge in [-0.25, -0.2) is 4.98 Å². The molecule has 0 amide bonds. The minimum atomic E-state index is -0.429. The molecule has 1 unspecified atom stereocenters. The van der Waals surface area contributed by atoms with Gasteiger partial charge in [-0.15, -0.1) is 0 Å². The summed E-state index contributed by atoms with van der Waals surface area (Å²) >= 11 is 6.10. The Labute approximate surface area is 192 Å². The maximum atomic E-state index is 11.3. The number of hydrogen-bond donors (Lipinski definition) is 0. The molecule has 1 aliphatic rings. The van der Waals surface area contributed by atoms with E-state index in [1.165, 1.54) is 16.5 Å². The van der Waals surface area contributed by atoms with Crippen LogP contribution in [0.1, 0.15) is 17.4 Å². The molecule has 164 valence electrons. The largest absolute Gasteiger partial charge is 0.369 e. The number of halogens is 1. The molecule has 1 saturated heterocycles. The number of rotatable bonds is 5. The first-order valence-corrected chi connectivity index (χ1v) is 10.8. The summed E-state index contributed by atoms with van der Waals surface area (Å²) < 4.78 is 1.53. The van der Waals surface area contributed by atoms with E-state index >= 15 is 0 Å². The van der Waals surface area contributed by atoms with E-state index in [1.807, 2.05) is 30.3 Å². The normalized spacial score (nSPS) is 15.1. The average molecular weight is 450 g/mol. The summed E-state index contributed by atoms with van der Waals surface area (Å²) in [6.07, 6.45) is 1.27. The SMILES string of the molecule is Cc1ncc([N+](=O)[O-])n1CC#CC(c1ccc(Cl)cc1)N1CCN(c2ccccc2)CC1. The van der Waals surface area contributed by atoms with Crippen molar-refractivity contribution in [2.24, 2.45) is 0 Å². The summed E-state index contributed by atoms with van der Waals surface area (Å²) in [5, 5.41) is 11.9. The van der Waals surface area contributed by atoms with Crippen LogP contribution in [0.2, 0.25) is 5.02 Å². The number of benzene rings is 2. The number of aromatic nitrogens is 2. The lowest BCUT2D eigenvalue weighted by molar-refractivity contribution is -0.392. The zero-order valence-corrected chi connectivity index (χ0v) is 18.6. The smallest absolute Gasteiger partial charge is 0.343 e. The van der Waals surface area contributed by atoms with E-state index in [2.05, 4.69) is 50.9 Å². The first-order valence-electron chi connectivity index (χ1n) is 10.5. The third kappa shape index (κ3) is 4.93. The van der Waals surface area contributed by atoms with Crippen molar-refractivity contribution in [3.05, 3.63) is 87.3 Å². The molecular weight excluding hydrogens is 426 g/mol. The second-order valence-corrected chi connectivity index (χ2v) is 8.08. The van der Waals surface area contributed by atoms with Crippen molar-refractivity contribution in [3.63, 3.8) is 0 Å². The lowest BCUT2D eigenvalue weighted by Crippen LogP contribution is -2.47. The summed E-state index contributed by atoms with van der Waals surface area (Å²) in [5.41, 5.74) is 2.29. The zero-order chi connectivity index (χ0) is 22.5. The molecule has 1 aromatic heterocycles. The molecule has 0 radical (unpaired) electrons. The Morgan fingerprint density at radius 1 is 1.09 bits per heavy atom. The van der Waals surface area contributed by atoms with E-state index in [0.29, 0.717) is 10.8 Å². The summed E-state index contributed by atoms with van der Waals surface area (Å²) in [5.74, 6) is 7.04. The monoisotopic (exact) mass is 449 g/mol. The van der Waals surface area contributed by atoms with E-state index in [9.17, 15) is 10.1 Å². The molecule has 1 fully saturated rings. The fourth-order valence-electron chi connectivity index (χ4n) is 3.93. The van der Waals surface area contributed by atoms with E-state index < -0.39 is 4.92 Å². The van der Waals surface area contributed by atoms with Crippen molar-refractivity contribution in [1.82, 2.24) is 14.5 Å². The first kappa shape index (κ1) is 21.9. The predicted octanol–water partition coefficient (Wildman–Crippen LogP) is 4.32. The fraction of sp³-hybridized carbons (Fsp3) is 0.292. The number of imidazole rings is 1. The van der Waals surface area contributed by atoms with Crippen LogP contribution in [0.15, 0.2) is 60.8 Å². The molecule has 0 aliphatic carbocycles. The Kier molecular flexibility index (Phi) is 6.74. The third-order valence-corrected chi connectivity index (χ3v) is 5.94. The quantitative estimate of drug-likeness (QED) is 0.329. The number of piperazine rings is 1. The Morgan fingerprint density at radius 2 is 1.78 bits per heavy atom. The van der Waals surface area contributed by atoms with Crippen molar-refractivity contribution < 1.29 is 4.92 Å². The van der Waals surface area contributed by atoms with E-state index in [-0.39, 0.29) is 18.4 Å². The summed E-state index contributed by atoms with van der Waals surface area (Å²) in [6.45, 7) is 5.50. The van der Waals surface area contributed by atoms with E-state index in [4.69, 9.17) is 11.6 Å². The van der Waals surface area contributed by atoms with Crippen LogP contribution in [0, 0.1) is 28.9 Å². The van der Waals surface area contributed by atoms with Crippen LogP contribution in [0.25, 0.3) is 0 Å². The molecule has 2 aromatic carbocycles. The van der Waals surface area contributed by atoms with E-state index in [0.717, 1.165) is 31.7 Å². The molecule has 0 N–H and O–H groups in total. The Balaban J connectivity index is 1.53. The van der Waals surface area contributed by atoms with Gasteiger partial charge in [0.15, 0.2) is 12.4 Å². The summed E-state index contributed by atoms with van der Waals surface area (Å²) in [7, 11) is 0. The lowest BCUT2D eigenvalue weighted by Gasteiger charge is -2.38. The number of nitro groups is 1. The van der Waals surface area contributed by atoms with Crippen molar-refractivity contribution in [3.8, 4) is 11.8 Å². The Morgan fingerprint density at radius 3 is 2.44 bits per heavy atom. The van der Waals surface area contributed by atoms with Gasteiger partial charge in [-0.3, -0.25) is 4.90 Å². The van der Waals surface area contributed by atoms with Gasteiger partial charge in [0.05, 0.1) is 6.04 Å². The van der Waals surface area contributed by atoms with Crippen LogP contribution in [-0.2, 0) is 6.54 Å². The van der Waals surface area contributed by atoms with Gasteiger partial charge in [0.2, 0.25) is 0 Å². The topological polar surface area (TPSA) is 67.4 Å². The van der Waals surface area contributed by atoms with Gasteiger partial charge in [0, 0.05) is 43.8 Å². The van der Waals surface area contributed by atoms with Gasteiger partial charge in [0.25, 0.3) is 0 Å². The Bertz CT molecular complexity index is 1130. The molecule has 0 saturated carbocycles. The maximum Gasteiger partial charge on any atom is 0.343 e. The molecule has 0 spiro atoms. The van der Waals surface area contributed by atoms with Gasteiger partial charge < -0.3 is 15.0 Å². The van der Waals surface area contributed by atoms with Crippen LogP contribution in [0.4, 0.5) is 11.5 Å².